The van der Waals surface area contributed by atoms with E-state index in [0.717, 1.165) is 35.0 Å². The lowest BCUT2D eigenvalue weighted by atomic mass is 9.96. The van der Waals surface area contributed by atoms with Crippen LogP contribution in [0.25, 0.3) is 10.9 Å². The number of alkyl halides is 3. The summed E-state index contributed by atoms with van der Waals surface area (Å²) in [6.45, 7) is 3.01. The van der Waals surface area contributed by atoms with Crippen molar-refractivity contribution in [2.75, 3.05) is 6.61 Å². The van der Waals surface area contributed by atoms with Crippen LogP contribution < -0.4 is 15.5 Å². The van der Waals surface area contributed by atoms with Gasteiger partial charge in [-0.1, -0.05) is 18.2 Å². The SMILES string of the molecule is Cc1cc(COc2ccc(C(=O)N[C@@H]3C[C@@]4(CCCO4)C[C@@H]3C(=O)NO)cc2)c2ccccc2n1.O=C(O)C(F)(F)F. The molecule has 3 atom stereocenters. The Morgan fingerprint density at radius 1 is 1.12 bits per heavy atom. The summed E-state index contributed by atoms with van der Waals surface area (Å²) in [6, 6.07) is 16.5. The second-order valence-corrected chi connectivity index (χ2v) is 10.3. The van der Waals surface area contributed by atoms with Crippen LogP contribution in [0.3, 0.4) is 0 Å². The molecule has 1 spiro atoms. The number of hydrogen-bond donors (Lipinski definition) is 4. The molecule has 1 aliphatic carbocycles. The number of carbonyl (C=O) groups is 3. The van der Waals surface area contributed by atoms with Crippen molar-refractivity contribution in [1.29, 1.82) is 0 Å². The van der Waals surface area contributed by atoms with E-state index in [1.807, 2.05) is 37.3 Å². The Balaban J connectivity index is 0.000000517. The van der Waals surface area contributed by atoms with E-state index in [-0.39, 0.29) is 5.91 Å². The summed E-state index contributed by atoms with van der Waals surface area (Å²) in [6.07, 6.45) is -2.26. The molecule has 13 heteroatoms. The van der Waals surface area contributed by atoms with Crippen LogP contribution in [-0.4, -0.2) is 57.5 Å². The standard InChI is InChI=1S/C27H29N3O5.C2HF3O2/c1-17-13-19(21-5-2-3-6-23(21)28-17)16-34-20-9-7-18(8-10-20)25(31)29-24-15-27(11-4-12-35-27)14-22(24)26(32)30-33;3-2(4,5)1(6)7/h2-3,5-10,13,22,24,33H,4,11-12,14-16H2,1H3,(H,29,31)(H,30,32);(H,6,7)/t22-,24+,27+;/m0./s1. The van der Waals surface area contributed by atoms with Gasteiger partial charge in [-0.05, 0) is 69.0 Å². The summed E-state index contributed by atoms with van der Waals surface area (Å²) in [5.41, 5.74) is 4.72. The number of fused-ring (bicyclic) bond motifs is 1. The monoisotopic (exact) mass is 589 g/mol. The second-order valence-electron chi connectivity index (χ2n) is 10.3. The van der Waals surface area contributed by atoms with E-state index < -0.39 is 35.6 Å². The van der Waals surface area contributed by atoms with Crippen molar-refractivity contribution in [2.45, 2.75) is 57.0 Å². The van der Waals surface area contributed by atoms with Gasteiger partial charge >= 0.3 is 12.1 Å². The average Bonchev–Trinajstić information content (AvgIpc) is 3.57. The Morgan fingerprint density at radius 2 is 1.81 bits per heavy atom. The minimum absolute atomic E-state index is 0.275. The van der Waals surface area contributed by atoms with Gasteiger partial charge in [0.15, 0.2) is 0 Å². The first-order valence-electron chi connectivity index (χ1n) is 13.2. The lowest BCUT2D eigenvalue weighted by molar-refractivity contribution is -0.192. The van der Waals surface area contributed by atoms with Crippen molar-refractivity contribution in [3.8, 4) is 5.75 Å². The van der Waals surface area contributed by atoms with E-state index in [1.54, 1.807) is 29.7 Å². The fourth-order valence-electron chi connectivity index (χ4n) is 5.39. The highest BCUT2D eigenvalue weighted by molar-refractivity contribution is 5.95. The Kier molecular flexibility index (Phi) is 9.32. The Bertz CT molecular complexity index is 1440. The third-order valence-electron chi connectivity index (χ3n) is 7.30. The number of aromatic nitrogens is 1. The van der Waals surface area contributed by atoms with Gasteiger partial charge in [0.1, 0.15) is 12.4 Å². The first kappa shape index (κ1) is 30.7. The molecule has 2 aliphatic rings. The van der Waals surface area contributed by atoms with Crippen molar-refractivity contribution in [2.24, 2.45) is 5.92 Å². The number of carboxylic acids is 1. The van der Waals surface area contributed by atoms with Gasteiger partial charge in [-0.25, -0.2) is 10.3 Å². The highest BCUT2D eigenvalue weighted by atomic mass is 19.4. The number of nitrogens with zero attached hydrogens (tertiary/aromatic N) is 1. The van der Waals surface area contributed by atoms with Crippen molar-refractivity contribution in [3.63, 3.8) is 0 Å². The number of carbonyl (C=O) groups excluding carboxylic acids is 2. The normalized spacial score (nSPS) is 21.5. The average molecular weight is 590 g/mol. The molecule has 0 radical (unpaired) electrons. The number of amides is 2. The molecule has 5 rings (SSSR count). The van der Waals surface area contributed by atoms with Crippen LogP contribution in [0.5, 0.6) is 5.75 Å². The number of aryl methyl sites for hydroxylation is 1. The molecule has 42 heavy (non-hydrogen) atoms. The Hall–Kier alpha value is -4.23. The third kappa shape index (κ3) is 7.34. The van der Waals surface area contributed by atoms with Gasteiger partial charge in [0.25, 0.3) is 5.91 Å². The van der Waals surface area contributed by atoms with E-state index in [2.05, 4.69) is 10.3 Å². The topological polar surface area (TPSA) is 147 Å². The smallest absolute Gasteiger partial charge is 0.489 e. The van der Waals surface area contributed by atoms with E-state index in [1.165, 1.54) is 0 Å². The van der Waals surface area contributed by atoms with Gasteiger partial charge in [0, 0.05) is 34.9 Å². The summed E-state index contributed by atoms with van der Waals surface area (Å²) < 4.78 is 43.7. The molecule has 2 aromatic carbocycles. The van der Waals surface area contributed by atoms with E-state index in [9.17, 15) is 22.8 Å². The van der Waals surface area contributed by atoms with Gasteiger partial charge in [0.05, 0.1) is 17.0 Å². The number of carboxylic acid groups (broad SMARTS) is 1. The lowest BCUT2D eigenvalue weighted by Gasteiger charge is -2.22. The fraction of sp³-hybridized carbons (Fsp3) is 0.379. The molecular weight excluding hydrogens is 559 g/mol. The molecule has 3 aromatic rings. The van der Waals surface area contributed by atoms with Crippen LogP contribution in [-0.2, 0) is 20.9 Å². The lowest BCUT2D eigenvalue weighted by Crippen LogP contribution is -2.43. The third-order valence-corrected chi connectivity index (χ3v) is 7.30. The number of nitrogens with one attached hydrogen (secondary N) is 2. The first-order chi connectivity index (χ1) is 19.9. The van der Waals surface area contributed by atoms with Gasteiger partial charge in [-0.15, -0.1) is 0 Å². The number of para-hydroxylation sites is 1. The van der Waals surface area contributed by atoms with Gasteiger partial charge in [-0.3, -0.25) is 19.8 Å². The number of ether oxygens (including phenoxy) is 2. The quantitative estimate of drug-likeness (QED) is 0.246. The number of aliphatic carboxylic acids is 1. The van der Waals surface area contributed by atoms with Crippen LogP contribution in [0.2, 0.25) is 0 Å². The maximum absolute atomic E-state index is 12.9. The minimum Gasteiger partial charge on any atom is -0.489 e. The Morgan fingerprint density at radius 3 is 2.43 bits per heavy atom. The molecule has 2 fully saturated rings. The van der Waals surface area contributed by atoms with E-state index >= 15 is 0 Å². The Labute approximate surface area is 238 Å². The van der Waals surface area contributed by atoms with Crippen molar-refractivity contribution in [1.82, 2.24) is 15.8 Å². The molecule has 1 saturated heterocycles. The molecule has 0 bridgehead atoms. The molecule has 1 aromatic heterocycles. The van der Waals surface area contributed by atoms with Crippen LogP contribution in [0.15, 0.2) is 54.6 Å². The van der Waals surface area contributed by atoms with Crippen molar-refractivity contribution >= 4 is 28.7 Å². The highest BCUT2D eigenvalue weighted by Gasteiger charge is 2.51. The summed E-state index contributed by atoms with van der Waals surface area (Å²) in [5.74, 6) is -3.42. The van der Waals surface area contributed by atoms with Crippen LogP contribution in [0.4, 0.5) is 13.2 Å². The largest absolute Gasteiger partial charge is 0.490 e. The predicted octanol–water partition coefficient (Wildman–Crippen LogP) is 4.32. The number of rotatable bonds is 6. The molecule has 1 saturated carbocycles. The zero-order chi connectivity index (χ0) is 30.5. The molecule has 0 unspecified atom stereocenters. The van der Waals surface area contributed by atoms with Crippen molar-refractivity contribution in [3.05, 3.63) is 71.4 Å². The molecule has 1 aliphatic heterocycles. The molecule has 224 valence electrons. The zero-order valence-electron chi connectivity index (χ0n) is 22.6. The maximum Gasteiger partial charge on any atom is 0.490 e. The minimum atomic E-state index is -5.08. The number of pyridine rings is 1. The maximum atomic E-state index is 12.9. The summed E-state index contributed by atoms with van der Waals surface area (Å²) in [4.78, 5) is 38.6. The summed E-state index contributed by atoms with van der Waals surface area (Å²) >= 11 is 0. The molecule has 10 nitrogen and oxygen atoms in total. The summed E-state index contributed by atoms with van der Waals surface area (Å²) in [7, 11) is 0. The van der Waals surface area contributed by atoms with Crippen LogP contribution in [0.1, 0.15) is 47.3 Å². The fourth-order valence-corrected chi connectivity index (χ4v) is 5.39. The van der Waals surface area contributed by atoms with Crippen LogP contribution in [0, 0.1) is 12.8 Å². The van der Waals surface area contributed by atoms with Gasteiger partial charge < -0.3 is 19.9 Å². The first-order valence-corrected chi connectivity index (χ1v) is 13.2. The number of hydrogen-bond acceptors (Lipinski definition) is 7. The number of benzene rings is 2. The van der Waals surface area contributed by atoms with Crippen LogP contribution >= 0.6 is 0 Å². The molecule has 2 amide bonds. The van der Waals surface area contributed by atoms with Gasteiger partial charge in [0.2, 0.25) is 5.91 Å². The van der Waals surface area contributed by atoms with E-state index in [4.69, 9.17) is 24.6 Å². The number of hydroxylamine groups is 1. The second kappa shape index (κ2) is 12.7. The molecule has 4 N–H and O–H groups in total. The molecular formula is C29H30F3N3O7. The highest BCUT2D eigenvalue weighted by Crippen LogP contribution is 2.44. The van der Waals surface area contributed by atoms with Gasteiger partial charge in [-0.2, -0.15) is 13.2 Å². The zero-order valence-corrected chi connectivity index (χ0v) is 22.6. The van der Waals surface area contributed by atoms with Crippen molar-refractivity contribution < 1.29 is 47.3 Å². The predicted molar refractivity (Wildman–Crippen MR) is 143 cm³/mol. The van der Waals surface area contributed by atoms with E-state index in [0.29, 0.717) is 37.4 Å². The molecule has 2 heterocycles. The summed E-state index contributed by atoms with van der Waals surface area (Å²) in [5, 5.41) is 20.3. The number of halogens is 3.